The number of nitro groups is 1. The van der Waals surface area contributed by atoms with Crippen LogP contribution in [0, 0.1) is 27.4 Å². The average Bonchev–Trinajstić information content (AvgIpc) is 3.74. The summed E-state index contributed by atoms with van der Waals surface area (Å²) in [6.07, 6.45) is 7.50. The predicted molar refractivity (Wildman–Crippen MR) is 169 cm³/mol. The number of carbonyl (C=O) groups is 4. The monoisotopic (exact) mass is 639 g/mol. The SMILES string of the molecule is CN(C(=O)[C@@H](NC(=O)[C@H](CC1CCCC1)CN(O)C=O)C(C)(C)C)C1CCN(C(=O)c2coc(-c3ccc([N+](=O)[O-])cc3)c2)CC1. The van der Waals surface area contributed by atoms with E-state index in [0.29, 0.717) is 60.2 Å². The number of carbonyl (C=O) groups excluding carboxylic acids is 4. The number of hydroxylamine groups is 2. The van der Waals surface area contributed by atoms with Crippen molar-refractivity contribution >= 4 is 29.8 Å². The van der Waals surface area contributed by atoms with Gasteiger partial charge in [-0.05, 0) is 48.8 Å². The van der Waals surface area contributed by atoms with Gasteiger partial charge in [0.1, 0.15) is 18.1 Å². The molecule has 250 valence electrons. The van der Waals surface area contributed by atoms with Crippen molar-refractivity contribution in [2.45, 2.75) is 77.8 Å². The molecule has 1 aliphatic heterocycles. The fraction of sp³-hybridized carbons (Fsp3) is 0.576. The third-order valence-electron chi connectivity index (χ3n) is 9.25. The van der Waals surface area contributed by atoms with Gasteiger partial charge in [-0.3, -0.25) is 34.5 Å². The van der Waals surface area contributed by atoms with Crippen LogP contribution in [0.3, 0.4) is 0 Å². The van der Waals surface area contributed by atoms with Crippen LogP contribution in [-0.2, 0) is 14.4 Å². The van der Waals surface area contributed by atoms with Crippen molar-refractivity contribution in [3.05, 3.63) is 52.3 Å². The second kappa shape index (κ2) is 14.9. The van der Waals surface area contributed by atoms with Gasteiger partial charge in [-0.25, -0.2) is 5.06 Å². The normalized spacial score (nSPS) is 17.3. The fourth-order valence-electron chi connectivity index (χ4n) is 6.46. The first-order valence-electron chi connectivity index (χ1n) is 15.9. The molecular formula is C33H45N5O8. The highest BCUT2D eigenvalue weighted by molar-refractivity contribution is 5.95. The summed E-state index contributed by atoms with van der Waals surface area (Å²) in [5, 5.41) is 24.3. The Kier molecular flexibility index (Phi) is 11.2. The molecule has 2 heterocycles. The Bertz CT molecular complexity index is 1390. The molecule has 2 aromatic rings. The number of nitrogens with one attached hydrogen (secondary N) is 1. The Hall–Kier alpha value is -4.26. The number of hydrogen-bond acceptors (Lipinski definition) is 8. The highest BCUT2D eigenvalue weighted by Crippen LogP contribution is 2.32. The molecule has 1 aromatic heterocycles. The van der Waals surface area contributed by atoms with Crippen LogP contribution in [0.5, 0.6) is 0 Å². The van der Waals surface area contributed by atoms with Crippen LogP contribution in [0.25, 0.3) is 11.3 Å². The number of non-ortho nitro benzene ring substituents is 1. The molecule has 2 atom stereocenters. The van der Waals surface area contributed by atoms with E-state index in [1.165, 1.54) is 18.4 Å². The number of benzene rings is 1. The number of nitro benzene ring substituents is 1. The van der Waals surface area contributed by atoms with Gasteiger partial charge in [-0.15, -0.1) is 0 Å². The largest absolute Gasteiger partial charge is 0.464 e. The summed E-state index contributed by atoms with van der Waals surface area (Å²) in [5.41, 5.74) is 0.341. The minimum Gasteiger partial charge on any atom is -0.464 e. The third kappa shape index (κ3) is 8.51. The van der Waals surface area contributed by atoms with E-state index in [1.54, 1.807) is 35.0 Å². The van der Waals surface area contributed by atoms with Gasteiger partial charge in [0.05, 0.1) is 22.9 Å². The van der Waals surface area contributed by atoms with E-state index in [9.17, 15) is 34.5 Å². The molecule has 13 nitrogen and oxygen atoms in total. The quantitative estimate of drug-likeness (QED) is 0.148. The smallest absolute Gasteiger partial charge is 0.269 e. The summed E-state index contributed by atoms with van der Waals surface area (Å²) in [7, 11) is 1.72. The Morgan fingerprint density at radius 1 is 1.13 bits per heavy atom. The molecule has 0 spiro atoms. The molecular weight excluding hydrogens is 594 g/mol. The molecule has 4 amide bonds. The van der Waals surface area contributed by atoms with Gasteiger partial charge in [0.25, 0.3) is 11.6 Å². The van der Waals surface area contributed by atoms with E-state index < -0.39 is 22.3 Å². The number of likely N-dealkylation sites (N-methyl/N-ethyl adjacent to an activating group) is 1. The highest BCUT2D eigenvalue weighted by Gasteiger charge is 2.39. The van der Waals surface area contributed by atoms with E-state index in [2.05, 4.69) is 5.32 Å². The number of furan rings is 1. The first-order chi connectivity index (χ1) is 21.8. The third-order valence-corrected chi connectivity index (χ3v) is 9.25. The first-order valence-corrected chi connectivity index (χ1v) is 15.9. The van der Waals surface area contributed by atoms with Gasteiger partial charge in [0, 0.05) is 43.9 Å². The van der Waals surface area contributed by atoms with Crippen molar-refractivity contribution in [1.82, 2.24) is 20.2 Å². The summed E-state index contributed by atoms with van der Waals surface area (Å²) in [5.74, 6) is -0.666. The molecule has 13 heteroatoms. The zero-order valence-corrected chi connectivity index (χ0v) is 27.0. The minimum atomic E-state index is -0.831. The van der Waals surface area contributed by atoms with E-state index >= 15 is 0 Å². The molecule has 0 radical (unpaired) electrons. The lowest BCUT2D eigenvalue weighted by Crippen LogP contribution is -2.58. The van der Waals surface area contributed by atoms with Crippen molar-refractivity contribution in [2.24, 2.45) is 17.3 Å². The molecule has 1 saturated carbocycles. The molecule has 4 rings (SSSR count). The van der Waals surface area contributed by atoms with Crippen LogP contribution in [0.2, 0.25) is 0 Å². The van der Waals surface area contributed by atoms with Gasteiger partial charge in [-0.1, -0.05) is 46.5 Å². The Balaban J connectivity index is 1.36. The number of amides is 4. The number of rotatable bonds is 12. The molecule has 2 aliphatic rings. The lowest BCUT2D eigenvalue weighted by Gasteiger charge is -2.40. The summed E-state index contributed by atoms with van der Waals surface area (Å²) in [6.45, 7) is 6.37. The van der Waals surface area contributed by atoms with E-state index in [0.717, 1.165) is 25.7 Å². The topological polar surface area (TPSA) is 167 Å². The first kappa shape index (κ1) is 34.6. The molecule has 0 unspecified atom stereocenters. The van der Waals surface area contributed by atoms with Gasteiger partial charge in [0.2, 0.25) is 18.2 Å². The Labute approximate surface area is 269 Å². The zero-order chi connectivity index (χ0) is 33.6. The maximum atomic E-state index is 13.9. The Morgan fingerprint density at radius 3 is 2.33 bits per heavy atom. The van der Waals surface area contributed by atoms with Gasteiger partial charge in [-0.2, -0.15) is 0 Å². The Morgan fingerprint density at radius 2 is 1.76 bits per heavy atom. The average molecular weight is 640 g/mol. The van der Waals surface area contributed by atoms with Crippen molar-refractivity contribution in [3.8, 4) is 11.3 Å². The molecule has 0 bridgehead atoms. The van der Waals surface area contributed by atoms with E-state index in [1.807, 2.05) is 20.8 Å². The lowest BCUT2D eigenvalue weighted by atomic mass is 9.84. The van der Waals surface area contributed by atoms with E-state index in [4.69, 9.17) is 4.42 Å². The van der Waals surface area contributed by atoms with Crippen LogP contribution in [-0.4, -0.2) is 87.9 Å². The molecule has 2 fully saturated rings. The van der Waals surface area contributed by atoms with Crippen molar-refractivity contribution < 1.29 is 33.7 Å². The summed E-state index contributed by atoms with van der Waals surface area (Å²) in [6, 6.07) is 6.54. The van der Waals surface area contributed by atoms with Crippen LogP contribution in [0.15, 0.2) is 41.0 Å². The van der Waals surface area contributed by atoms with Crippen LogP contribution in [0.4, 0.5) is 5.69 Å². The summed E-state index contributed by atoms with van der Waals surface area (Å²) < 4.78 is 5.59. The predicted octanol–water partition coefficient (Wildman–Crippen LogP) is 4.49. The van der Waals surface area contributed by atoms with Crippen LogP contribution < -0.4 is 5.32 Å². The zero-order valence-electron chi connectivity index (χ0n) is 27.0. The van der Waals surface area contributed by atoms with Crippen molar-refractivity contribution in [3.63, 3.8) is 0 Å². The summed E-state index contributed by atoms with van der Waals surface area (Å²) >= 11 is 0. The highest BCUT2D eigenvalue weighted by atomic mass is 16.6. The van der Waals surface area contributed by atoms with Gasteiger partial charge in [0.15, 0.2) is 0 Å². The summed E-state index contributed by atoms with van der Waals surface area (Å²) in [4.78, 5) is 65.6. The molecule has 1 aromatic carbocycles. The van der Waals surface area contributed by atoms with Crippen molar-refractivity contribution in [1.29, 1.82) is 0 Å². The number of likely N-dealkylation sites (tertiary alicyclic amines) is 1. The van der Waals surface area contributed by atoms with Gasteiger partial charge < -0.3 is 19.5 Å². The maximum Gasteiger partial charge on any atom is 0.269 e. The fourth-order valence-corrected chi connectivity index (χ4v) is 6.46. The van der Waals surface area contributed by atoms with E-state index in [-0.39, 0.29) is 42.4 Å². The van der Waals surface area contributed by atoms with Crippen molar-refractivity contribution in [2.75, 3.05) is 26.7 Å². The second-order valence-electron chi connectivity index (χ2n) is 13.6. The molecule has 1 aliphatic carbocycles. The second-order valence-corrected chi connectivity index (χ2v) is 13.6. The maximum absolute atomic E-state index is 13.9. The molecule has 1 saturated heterocycles. The lowest BCUT2D eigenvalue weighted by molar-refractivity contribution is -0.384. The minimum absolute atomic E-state index is 0.0368. The molecule has 46 heavy (non-hydrogen) atoms. The number of piperidine rings is 1. The number of nitrogens with zero attached hydrogens (tertiary/aromatic N) is 4. The van der Waals surface area contributed by atoms with Crippen LogP contribution in [0.1, 0.15) is 76.1 Å². The van der Waals surface area contributed by atoms with Gasteiger partial charge >= 0.3 is 0 Å². The number of hydrogen-bond donors (Lipinski definition) is 2. The molecule has 2 N–H and O–H groups in total. The standard InChI is InChI=1S/C33H45N5O8/c1-33(2,3)29(34-30(40)24(19-37(43)21-39)17-22-7-5-6-8-22)32(42)35(4)26-13-15-36(16-14-26)31(41)25-18-28(46-20-25)23-9-11-27(12-10-23)38(44)45/h9-12,18,20-22,24,26,29,43H,5-8,13-17,19H2,1-4H3,(H,34,40)/t24-,29-/m1/s1. The van der Waals surface area contributed by atoms with Crippen LogP contribution >= 0.6 is 0 Å².